The van der Waals surface area contributed by atoms with Crippen molar-refractivity contribution < 1.29 is 14.0 Å². The van der Waals surface area contributed by atoms with Crippen LogP contribution in [0.3, 0.4) is 0 Å². The average Bonchev–Trinajstić information content (AvgIpc) is 3.09. The Morgan fingerprint density at radius 2 is 2.04 bits per heavy atom. The summed E-state index contributed by atoms with van der Waals surface area (Å²) in [6, 6.07) is 9.45. The summed E-state index contributed by atoms with van der Waals surface area (Å²) in [5.74, 6) is 0.971. The number of aromatic nitrogens is 3. The Bertz CT molecular complexity index is 857. The number of para-hydroxylation sites is 2. The molecule has 0 saturated carbocycles. The van der Waals surface area contributed by atoms with Crippen molar-refractivity contribution >= 4 is 51.8 Å². The van der Waals surface area contributed by atoms with Crippen LogP contribution in [-0.4, -0.2) is 62.0 Å². The first kappa shape index (κ1) is 23.2. The average molecular weight is 412 g/mol. The van der Waals surface area contributed by atoms with Crippen molar-refractivity contribution in [2.75, 3.05) is 6.61 Å². The maximum absolute atomic E-state index is 12.8. The van der Waals surface area contributed by atoms with E-state index in [2.05, 4.69) is 21.9 Å². The van der Waals surface area contributed by atoms with Crippen LogP contribution < -0.4 is 4.74 Å². The van der Waals surface area contributed by atoms with Gasteiger partial charge in [-0.1, -0.05) is 25.5 Å². The van der Waals surface area contributed by atoms with Gasteiger partial charge < -0.3 is 14.0 Å². The van der Waals surface area contributed by atoms with Crippen molar-refractivity contribution in [1.82, 2.24) is 15.0 Å². The molecular weight excluding hydrogens is 385 g/mol. The van der Waals surface area contributed by atoms with Gasteiger partial charge in [-0.2, -0.15) is 4.98 Å². The first-order chi connectivity index (χ1) is 13.1. The molecule has 0 radical (unpaired) electrons. The van der Waals surface area contributed by atoms with Gasteiger partial charge >= 0.3 is 34.7 Å². The minimum absolute atomic E-state index is 0. The molecule has 6 nitrogen and oxygen atoms in total. The van der Waals surface area contributed by atoms with Gasteiger partial charge in [0.05, 0.1) is 23.3 Å². The number of unbranched alkanes of at least 4 members (excludes halogenated alkanes) is 1. The predicted molar refractivity (Wildman–Crippen MR) is 113 cm³/mol. The Labute approximate surface area is 190 Å². The van der Waals surface area contributed by atoms with E-state index in [1.165, 1.54) is 0 Å². The van der Waals surface area contributed by atoms with Crippen molar-refractivity contribution in [3.8, 4) is 5.75 Å². The number of nitrogens with one attached hydrogen (secondary N) is 1. The molecule has 3 rings (SSSR count). The molecule has 2 unspecified atom stereocenters. The number of fused-ring (bicyclic) bond motifs is 1. The summed E-state index contributed by atoms with van der Waals surface area (Å²) in [4.78, 5) is 11.9. The van der Waals surface area contributed by atoms with E-state index < -0.39 is 11.2 Å². The first-order valence-corrected chi connectivity index (χ1v) is 10.5. The molecule has 146 valence electrons. The number of benzene rings is 1. The van der Waals surface area contributed by atoms with Crippen LogP contribution in [0, 0.1) is 6.92 Å². The van der Waals surface area contributed by atoms with Crippen LogP contribution in [0.4, 0.5) is 0 Å². The van der Waals surface area contributed by atoms with Crippen molar-refractivity contribution in [2.24, 2.45) is 0 Å². The second-order valence-corrected chi connectivity index (χ2v) is 7.71. The van der Waals surface area contributed by atoms with E-state index in [9.17, 15) is 4.55 Å². The van der Waals surface area contributed by atoms with Gasteiger partial charge in [-0.3, -0.25) is 9.97 Å². The Kier molecular flexibility index (Phi) is 9.27. The van der Waals surface area contributed by atoms with Gasteiger partial charge in [-0.15, -0.1) is 0 Å². The van der Waals surface area contributed by atoms with Gasteiger partial charge in [-0.05, 0) is 38.5 Å². The molecule has 0 saturated heterocycles. The number of ether oxygens (including phenoxy) is 2. The number of imidazole rings is 1. The van der Waals surface area contributed by atoms with Gasteiger partial charge in [0.25, 0.3) is 0 Å². The van der Waals surface area contributed by atoms with Crippen LogP contribution in [0.1, 0.15) is 37.9 Å². The van der Waals surface area contributed by atoms with E-state index in [1.54, 1.807) is 6.20 Å². The molecule has 0 aliphatic rings. The Hall–Kier alpha value is -1.09. The van der Waals surface area contributed by atoms with Crippen molar-refractivity contribution in [3.05, 3.63) is 47.8 Å². The molecule has 0 aliphatic carbocycles. The summed E-state index contributed by atoms with van der Waals surface area (Å²) in [6.07, 6.45) is 3.42. The molecular formula is C20H26N3NaO3S. The number of aromatic amines is 1. The fourth-order valence-electron chi connectivity index (χ4n) is 2.67. The zero-order chi connectivity index (χ0) is 19.2. The monoisotopic (exact) mass is 411 g/mol. The number of pyridine rings is 1. The van der Waals surface area contributed by atoms with E-state index in [0.717, 1.165) is 35.1 Å². The maximum atomic E-state index is 12.8. The van der Waals surface area contributed by atoms with Gasteiger partial charge in [0.1, 0.15) is 5.75 Å². The Balaban J connectivity index is 0.00000280. The summed E-state index contributed by atoms with van der Waals surface area (Å²) in [5, 5.41) is 0.458. The zero-order valence-corrected chi connectivity index (χ0v) is 16.7. The quantitative estimate of drug-likeness (QED) is 0.252. The fraction of sp³-hybridized carbons (Fsp3) is 0.400. The summed E-state index contributed by atoms with van der Waals surface area (Å²) < 4.78 is 24.3. The Morgan fingerprint density at radius 3 is 2.79 bits per heavy atom. The molecule has 28 heavy (non-hydrogen) atoms. The summed E-state index contributed by atoms with van der Waals surface area (Å²) >= 11 is -1.32. The molecule has 0 amide bonds. The Morgan fingerprint density at radius 1 is 1.25 bits per heavy atom. The van der Waals surface area contributed by atoms with Gasteiger partial charge in [0.2, 0.25) is 0 Å². The van der Waals surface area contributed by atoms with E-state index in [1.807, 2.05) is 44.2 Å². The van der Waals surface area contributed by atoms with Crippen LogP contribution in [0.15, 0.2) is 41.7 Å². The minimum atomic E-state index is -1.32. The number of hydrogen-bond donors (Lipinski definition) is 1. The molecule has 2 aromatic heterocycles. The van der Waals surface area contributed by atoms with Gasteiger partial charge in [0.15, 0.2) is 12.0 Å². The second kappa shape index (κ2) is 11.2. The third-order valence-corrected chi connectivity index (χ3v) is 5.41. The number of nitrogens with zero attached hydrogens (tertiary/aromatic N) is 2. The summed E-state index contributed by atoms with van der Waals surface area (Å²) in [6.45, 7) is 6.59. The molecule has 2 heterocycles. The number of H-pyrrole nitrogens is 1. The molecule has 3 aromatic rings. The van der Waals surface area contributed by atoms with Crippen LogP contribution >= 0.6 is 0 Å². The van der Waals surface area contributed by atoms with E-state index >= 15 is 0 Å². The van der Waals surface area contributed by atoms with Crippen LogP contribution in [0.2, 0.25) is 0 Å². The number of hydrogen-bond acceptors (Lipinski definition) is 5. The third-order valence-electron chi connectivity index (χ3n) is 4.25. The predicted octanol–water partition coefficient (Wildman–Crippen LogP) is 3.47. The fourth-order valence-corrected chi connectivity index (χ4v) is 3.77. The third kappa shape index (κ3) is 5.95. The molecule has 1 aromatic carbocycles. The van der Waals surface area contributed by atoms with E-state index in [-0.39, 0.29) is 41.6 Å². The molecule has 0 aliphatic heterocycles. The van der Waals surface area contributed by atoms with Crippen LogP contribution in [0.5, 0.6) is 5.75 Å². The standard InChI is InChI=1S/C20H25N3O3S.Na.H/c1-4-5-12-25-15(3)26-19-10-11-21-18(14(19)2)13-27(24)20-22-16-8-6-7-9-17(16)23-20;;/h6-11,15H,4-5,12-13H2,1-3H3,(H,22,23);;. The molecule has 0 fully saturated rings. The topological polar surface area (TPSA) is 83.1 Å². The first-order valence-electron chi connectivity index (χ1n) is 9.14. The summed E-state index contributed by atoms with van der Waals surface area (Å²) in [7, 11) is 0. The van der Waals surface area contributed by atoms with Crippen LogP contribution in [-0.2, 0) is 21.7 Å². The van der Waals surface area contributed by atoms with Crippen molar-refractivity contribution in [3.63, 3.8) is 0 Å². The molecule has 1 N–H and O–H groups in total. The van der Waals surface area contributed by atoms with E-state index in [4.69, 9.17) is 9.47 Å². The normalized spacial score (nSPS) is 13.1. The zero-order valence-electron chi connectivity index (χ0n) is 15.9. The molecule has 2 atom stereocenters. The molecule has 8 heteroatoms. The van der Waals surface area contributed by atoms with Crippen molar-refractivity contribution in [1.29, 1.82) is 0 Å². The molecule has 0 bridgehead atoms. The number of rotatable bonds is 9. The molecule has 0 spiro atoms. The summed E-state index contributed by atoms with van der Waals surface area (Å²) in [5.41, 5.74) is 3.28. The van der Waals surface area contributed by atoms with Crippen LogP contribution in [0.25, 0.3) is 11.0 Å². The van der Waals surface area contributed by atoms with Gasteiger partial charge in [0, 0.05) is 22.9 Å². The van der Waals surface area contributed by atoms with Crippen molar-refractivity contribution in [2.45, 2.75) is 50.8 Å². The SMILES string of the molecule is CCCCOC(C)Oc1ccnc(C[S+]([O-])c2nc3ccccc3[nH]2)c1C.[NaH]. The van der Waals surface area contributed by atoms with E-state index in [0.29, 0.717) is 17.5 Å². The second-order valence-electron chi connectivity index (χ2n) is 6.34. The van der Waals surface area contributed by atoms with Gasteiger partial charge in [-0.25, -0.2) is 0 Å².